The van der Waals surface area contributed by atoms with Crippen molar-refractivity contribution in [1.29, 1.82) is 0 Å². The van der Waals surface area contributed by atoms with Gasteiger partial charge in [0.15, 0.2) is 0 Å². The second-order valence-corrected chi connectivity index (χ2v) is 7.84. The van der Waals surface area contributed by atoms with Crippen molar-refractivity contribution in [1.82, 2.24) is 14.8 Å². The van der Waals surface area contributed by atoms with Crippen LogP contribution in [0, 0.1) is 5.82 Å². The number of nitrogens with one attached hydrogen (secondary N) is 1. The number of thioether (sulfide) groups is 1. The Morgan fingerprint density at radius 1 is 1.28 bits per heavy atom. The molecule has 1 aliphatic heterocycles. The Balaban J connectivity index is 1.72. The van der Waals surface area contributed by atoms with Crippen molar-refractivity contribution < 1.29 is 9.18 Å². The average Bonchev–Trinajstić information content (AvgIpc) is 3.09. The largest absolute Gasteiger partial charge is 0.366 e. The van der Waals surface area contributed by atoms with Crippen molar-refractivity contribution >= 4 is 35.2 Å². The van der Waals surface area contributed by atoms with Crippen LogP contribution in [-0.4, -0.2) is 20.7 Å². The molecule has 4 rings (SSSR count). The van der Waals surface area contributed by atoms with Crippen molar-refractivity contribution in [3.8, 4) is 0 Å². The van der Waals surface area contributed by atoms with Crippen molar-refractivity contribution in [3.63, 3.8) is 0 Å². The summed E-state index contributed by atoms with van der Waals surface area (Å²) < 4.78 is 16.1. The number of benzene rings is 2. The summed E-state index contributed by atoms with van der Waals surface area (Å²) in [6, 6.07) is 13.0. The minimum absolute atomic E-state index is 0.246. The number of nitrogens with two attached hydrogens (primary N) is 1. The van der Waals surface area contributed by atoms with E-state index in [-0.39, 0.29) is 5.57 Å². The van der Waals surface area contributed by atoms with Crippen LogP contribution >= 0.6 is 23.4 Å². The van der Waals surface area contributed by atoms with Gasteiger partial charge in [0.2, 0.25) is 17.0 Å². The van der Waals surface area contributed by atoms with Crippen molar-refractivity contribution in [2.24, 2.45) is 5.73 Å². The molecule has 3 N–H and O–H groups in total. The van der Waals surface area contributed by atoms with Crippen LogP contribution in [0.1, 0.15) is 24.1 Å². The number of fused-ring (bicyclic) bond motifs is 1. The van der Waals surface area contributed by atoms with E-state index >= 15 is 0 Å². The lowest BCUT2D eigenvalue weighted by atomic mass is 9.95. The number of carbonyl (C=O) groups is 1. The third kappa shape index (κ3) is 3.73. The Hall–Kier alpha value is -2.84. The van der Waals surface area contributed by atoms with Crippen LogP contribution in [0.4, 0.5) is 10.3 Å². The van der Waals surface area contributed by atoms with E-state index in [1.54, 1.807) is 25.1 Å². The summed E-state index contributed by atoms with van der Waals surface area (Å²) >= 11 is 7.61. The zero-order valence-corrected chi connectivity index (χ0v) is 17.0. The van der Waals surface area contributed by atoms with Gasteiger partial charge in [0.05, 0.1) is 5.57 Å². The van der Waals surface area contributed by atoms with E-state index in [9.17, 15) is 9.18 Å². The molecule has 1 amide bonds. The summed E-state index contributed by atoms with van der Waals surface area (Å²) in [5.74, 6) is -0.0995. The summed E-state index contributed by atoms with van der Waals surface area (Å²) in [5, 5.41) is 8.71. The van der Waals surface area contributed by atoms with E-state index in [0.717, 1.165) is 5.56 Å². The van der Waals surface area contributed by atoms with Gasteiger partial charge < -0.3 is 11.1 Å². The molecule has 0 bridgehead atoms. The van der Waals surface area contributed by atoms with E-state index in [4.69, 9.17) is 17.3 Å². The monoisotopic (exact) mass is 429 g/mol. The molecule has 0 fully saturated rings. The topological polar surface area (TPSA) is 85.8 Å². The van der Waals surface area contributed by atoms with Crippen molar-refractivity contribution in [3.05, 3.63) is 81.8 Å². The molecule has 6 nitrogen and oxygen atoms in total. The summed E-state index contributed by atoms with van der Waals surface area (Å²) in [6.07, 6.45) is 0. The Morgan fingerprint density at radius 2 is 2.00 bits per heavy atom. The van der Waals surface area contributed by atoms with Gasteiger partial charge in [-0.2, -0.15) is 4.98 Å². The number of carbonyl (C=O) groups excluding carboxylic acids is 1. The molecule has 0 saturated heterocycles. The highest BCUT2D eigenvalue weighted by Crippen LogP contribution is 2.37. The normalized spacial score (nSPS) is 15.8. The van der Waals surface area contributed by atoms with Crippen LogP contribution in [0.2, 0.25) is 5.02 Å². The first kappa shape index (κ1) is 19.5. The third-order valence-corrected chi connectivity index (χ3v) is 5.87. The number of amides is 1. The maximum absolute atomic E-state index is 14.6. The number of rotatable bonds is 5. The SMILES string of the molecule is CC1=C(C(N)=O)[C@H](c2ccccc2F)n2nc(SCc3ccccc3Cl)nc2N1. The van der Waals surface area contributed by atoms with Crippen LogP contribution in [0.5, 0.6) is 0 Å². The Bertz CT molecular complexity index is 1130. The highest BCUT2D eigenvalue weighted by atomic mass is 35.5. The van der Waals surface area contributed by atoms with Gasteiger partial charge in [-0.05, 0) is 24.6 Å². The van der Waals surface area contributed by atoms with Crippen molar-refractivity contribution in [2.75, 3.05) is 5.32 Å². The molecule has 0 spiro atoms. The van der Waals surface area contributed by atoms with Gasteiger partial charge in [-0.15, -0.1) is 5.10 Å². The van der Waals surface area contributed by atoms with E-state index in [1.807, 2.05) is 24.3 Å². The van der Waals surface area contributed by atoms with E-state index in [0.29, 0.717) is 33.1 Å². The second-order valence-electron chi connectivity index (χ2n) is 6.49. The summed E-state index contributed by atoms with van der Waals surface area (Å²) in [5.41, 5.74) is 7.64. The minimum atomic E-state index is -0.799. The molecule has 0 saturated carbocycles. The molecule has 0 radical (unpaired) electrons. The number of hydrogen-bond donors (Lipinski definition) is 2. The predicted octanol–water partition coefficient (Wildman–Crippen LogP) is 4.14. The van der Waals surface area contributed by atoms with Crippen LogP contribution in [0.3, 0.4) is 0 Å². The number of hydrogen-bond acceptors (Lipinski definition) is 5. The van der Waals surface area contributed by atoms with E-state index in [2.05, 4.69) is 15.4 Å². The number of aromatic nitrogens is 3. The predicted molar refractivity (Wildman–Crippen MR) is 111 cm³/mol. The molecule has 0 unspecified atom stereocenters. The maximum atomic E-state index is 14.6. The summed E-state index contributed by atoms with van der Waals surface area (Å²) in [4.78, 5) is 16.6. The van der Waals surface area contributed by atoms with E-state index < -0.39 is 17.8 Å². The van der Waals surface area contributed by atoms with Crippen molar-refractivity contribution in [2.45, 2.75) is 23.9 Å². The van der Waals surface area contributed by atoms with Gasteiger partial charge in [0.25, 0.3) is 0 Å². The Kier molecular flexibility index (Phi) is 5.29. The zero-order valence-electron chi connectivity index (χ0n) is 15.4. The molecule has 29 heavy (non-hydrogen) atoms. The van der Waals surface area contributed by atoms with Crippen LogP contribution in [-0.2, 0) is 10.5 Å². The summed E-state index contributed by atoms with van der Waals surface area (Å²) in [7, 11) is 0. The molecule has 148 valence electrons. The first-order valence-electron chi connectivity index (χ1n) is 8.80. The van der Waals surface area contributed by atoms with Gasteiger partial charge in [-0.25, -0.2) is 9.07 Å². The number of anilines is 1. The fourth-order valence-corrected chi connectivity index (χ4v) is 4.37. The molecular formula is C20H17ClFN5OS. The minimum Gasteiger partial charge on any atom is -0.366 e. The molecule has 1 aromatic heterocycles. The quantitative estimate of drug-likeness (QED) is 0.595. The highest BCUT2D eigenvalue weighted by Gasteiger charge is 2.34. The lowest BCUT2D eigenvalue weighted by Crippen LogP contribution is -2.32. The number of allylic oxidation sites excluding steroid dienone is 1. The molecule has 9 heteroatoms. The third-order valence-electron chi connectivity index (χ3n) is 4.61. The number of nitrogens with zero attached hydrogens (tertiary/aromatic N) is 3. The van der Waals surface area contributed by atoms with Gasteiger partial charge in [-0.3, -0.25) is 4.79 Å². The molecule has 2 heterocycles. The fraction of sp³-hybridized carbons (Fsp3) is 0.150. The van der Waals surface area contributed by atoms with E-state index in [1.165, 1.54) is 22.5 Å². The molecule has 3 aromatic rings. The molecule has 2 aromatic carbocycles. The molecule has 1 aliphatic rings. The van der Waals surface area contributed by atoms with Gasteiger partial charge in [0.1, 0.15) is 11.9 Å². The second kappa shape index (κ2) is 7.88. The number of halogens is 2. The average molecular weight is 430 g/mol. The summed E-state index contributed by atoms with van der Waals surface area (Å²) in [6.45, 7) is 1.71. The van der Waals surface area contributed by atoms with Gasteiger partial charge in [0, 0.05) is 22.0 Å². The smallest absolute Gasteiger partial charge is 0.248 e. The van der Waals surface area contributed by atoms with Crippen LogP contribution in [0.25, 0.3) is 0 Å². The Morgan fingerprint density at radius 3 is 2.72 bits per heavy atom. The Labute approximate surface area is 176 Å². The lowest BCUT2D eigenvalue weighted by molar-refractivity contribution is -0.115. The first-order chi connectivity index (χ1) is 14.0. The molecule has 1 atom stereocenters. The molecule has 0 aliphatic carbocycles. The lowest BCUT2D eigenvalue weighted by Gasteiger charge is -2.27. The standard InChI is InChI=1S/C20H17ClFN5OS/c1-11-16(18(23)28)17(13-7-3-5-9-15(13)22)27-19(24-11)25-20(26-27)29-10-12-6-2-4-8-14(12)21/h2-9,17H,10H2,1H3,(H2,23,28)(H,24,25,26)/t17-/m0/s1. The highest BCUT2D eigenvalue weighted by molar-refractivity contribution is 7.98. The number of primary amides is 1. The van der Waals surface area contributed by atoms with Crippen LogP contribution < -0.4 is 11.1 Å². The first-order valence-corrected chi connectivity index (χ1v) is 10.2. The fourth-order valence-electron chi connectivity index (χ4n) is 3.25. The van der Waals surface area contributed by atoms with Crippen LogP contribution in [0.15, 0.2) is 65.0 Å². The van der Waals surface area contributed by atoms with Gasteiger partial charge >= 0.3 is 0 Å². The van der Waals surface area contributed by atoms with Gasteiger partial charge in [-0.1, -0.05) is 59.8 Å². The maximum Gasteiger partial charge on any atom is 0.248 e. The molecular weight excluding hydrogens is 413 g/mol. The zero-order chi connectivity index (χ0) is 20.5.